The topological polar surface area (TPSA) is 39.5 Å². The molecule has 0 unspecified atom stereocenters. The van der Waals surface area contributed by atoms with Crippen LogP contribution in [0.5, 0.6) is 5.75 Å². The summed E-state index contributed by atoms with van der Waals surface area (Å²) in [6.07, 6.45) is 1.89. The van der Waals surface area contributed by atoms with E-state index in [4.69, 9.17) is 26.1 Å². The molecule has 3 aromatic rings. The number of aromatic nitrogens is 2. The molecule has 0 fully saturated rings. The van der Waals surface area contributed by atoms with Crippen molar-refractivity contribution in [3.05, 3.63) is 70.0 Å². The molecule has 0 amide bonds. The van der Waals surface area contributed by atoms with E-state index in [0.717, 1.165) is 43.2 Å². The average Bonchev–Trinajstić information content (AvgIpc) is 3.15. The van der Waals surface area contributed by atoms with Crippen LogP contribution in [-0.4, -0.2) is 41.8 Å². The molecule has 6 heteroatoms. The van der Waals surface area contributed by atoms with Crippen LogP contribution in [0.15, 0.2) is 42.5 Å². The van der Waals surface area contributed by atoms with Crippen LogP contribution in [0.25, 0.3) is 11.4 Å². The van der Waals surface area contributed by atoms with Crippen LogP contribution in [0.4, 0.5) is 0 Å². The molecule has 0 aliphatic heterocycles. The third-order valence-electron chi connectivity index (χ3n) is 6.40. The molecule has 36 heavy (non-hydrogen) atoms. The lowest BCUT2D eigenvalue weighted by Gasteiger charge is -2.30. The summed E-state index contributed by atoms with van der Waals surface area (Å²) in [6, 6.07) is 14.9. The van der Waals surface area contributed by atoms with Crippen molar-refractivity contribution >= 4 is 11.6 Å². The van der Waals surface area contributed by atoms with Gasteiger partial charge in [0.25, 0.3) is 0 Å². The second-order valence-electron chi connectivity index (χ2n) is 10.5. The number of halogens is 1. The van der Waals surface area contributed by atoms with Crippen LogP contribution < -0.4 is 4.74 Å². The molecule has 1 aromatic heterocycles. The summed E-state index contributed by atoms with van der Waals surface area (Å²) in [6.45, 7) is 15.0. The second kappa shape index (κ2) is 12.8. The second-order valence-corrected chi connectivity index (χ2v) is 10.9. The van der Waals surface area contributed by atoms with E-state index < -0.39 is 0 Å². The first-order chi connectivity index (χ1) is 17.2. The van der Waals surface area contributed by atoms with Gasteiger partial charge in [-0.05, 0) is 47.1 Å². The number of nitrogens with zero attached hydrogens (tertiary/aromatic N) is 3. The average molecular weight is 512 g/mol. The molecule has 0 saturated carbocycles. The van der Waals surface area contributed by atoms with E-state index >= 15 is 0 Å². The highest BCUT2D eigenvalue weighted by Gasteiger charge is 2.24. The fourth-order valence-corrected chi connectivity index (χ4v) is 5.03. The number of imidazole rings is 1. The largest absolute Gasteiger partial charge is 0.497 e. The predicted molar refractivity (Wildman–Crippen MR) is 150 cm³/mol. The van der Waals surface area contributed by atoms with Gasteiger partial charge >= 0.3 is 0 Å². The Balaban J connectivity index is 2.05. The molecule has 0 aliphatic carbocycles. The molecule has 1 heterocycles. The third-order valence-corrected chi connectivity index (χ3v) is 6.70. The SMILES string of the molecule is CCc1cccc(CC)c1-c1nc(Cl)c(CN(Cc2ccc(OC)cc2)CC(C)(C)C)n1CCOC. The zero-order valence-electron chi connectivity index (χ0n) is 23.0. The molecule has 0 bridgehead atoms. The van der Waals surface area contributed by atoms with Gasteiger partial charge in [0, 0.05) is 38.9 Å². The van der Waals surface area contributed by atoms with Crippen molar-refractivity contribution in [3.63, 3.8) is 0 Å². The molecule has 0 atom stereocenters. The molecule has 0 N–H and O–H groups in total. The fraction of sp³-hybridized carbons (Fsp3) is 0.500. The first-order valence-electron chi connectivity index (χ1n) is 12.9. The molecule has 0 radical (unpaired) electrons. The minimum atomic E-state index is 0.128. The van der Waals surface area contributed by atoms with E-state index in [-0.39, 0.29) is 5.41 Å². The number of methoxy groups -OCH3 is 2. The van der Waals surface area contributed by atoms with Gasteiger partial charge in [-0.3, -0.25) is 4.90 Å². The lowest BCUT2D eigenvalue weighted by atomic mass is 9.95. The van der Waals surface area contributed by atoms with Crippen LogP contribution in [0.1, 0.15) is 57.0 Å². The lowest BCUT2D eigenvalue weighted by molar-refractivity contribution is 0.166. The van der Waals surface area contributed by atoms with E-state index in [1.807, 2.05) is 12.1 Å². The van der Waals surface area contributed by atoms with E-state index in [2.05, 4.69) is 74.4 Å². The van der Waals surface area contributed by atoms with Gasteiger partial charge in [-0.1, -0.05) is 76.6 Å². The van der Waals surface area contributed by atoms with Crippen molar-refractivity contribution in [2.45, 2.75) is 67.1 Å². The minimum Gasteiger partial charge on any atom is -0.497 e. The predicted octanol–water partition coefficient (Wildman–Crippen LogP) is 7.03. The van der Waals surface area contributed by atoms with E-state index in [9.17, 15) is 0 Å². The number of benzene rings is 2. The number of hydrogen-bond donors (Lipinski definition) is 0. The van der Waals surface area contributed by atoms with Gasteiger partial charge in [-0.25, -0.2) is 4.98 Å². The number of hydrogen-bond acceptors (Lipinski definition) is 4. The minimum absolute atomic E-state index is 0.128. The van der Waals surface area contributed by atoms with Crippen molar-refractivity contribution in [1.29, 1.82) is 0 Å². The van der Waals surface area contributed by atoms with Gasteiger partial charge in [0.05, 0.1) is 19.4 Å². The summed E-state index contributed by atoms with van der Waals surface area (Å²) >= 11 is 6.91. The summed E-state index contributed by atoms with van der Waals surface area (Å²) in [4.78, 5) is 7.42. The van der Waals surface area contributed by atoms with Gasteiger partial charge in [-0.15, -0.1) is 0 Å². The lowest BCUT2D eigenvalue weighted by Crippen LogP contribution is -2.33. The first-order valence-corrected chi connectivity index (χ1v) is 13.3. The fourth-order valence-electron chi connectivity index (χ4n) is 4.79. The maximum absolute atomic E-state index is 6.91. The highest BCUT2D eigenvalue weighted by molar-refractivity contribution is 6.30. The molecular weight excluding hydrogens is 470 g/mol. The van der Waals surface area contributed by atoms with Crippen molar-refractivity contribution in [1.82, 2.24) is 14.5 Å². The summed E-state index contributed by atoms with van der Waals surface area (Å²) < 4.78 is 13.1. The van der Waals surface area contributed by atoms with Crippen LogP contribution >= 0.6 is 11.6 Å². The number of aryl methyl sites for hydroxylation is 2. The monoisotopic (exact) mass is 511 g/mol. The molecule has 0 aliphatic rings. The Morgan fingerprint density at radius 1 is 0.944 bits per heavy atom. The van der Waals surface area contributed by atoms with Crippen LogP contribution in [0, 0.1) is 5.41 Å². The Bertz CT molecular complexity index is 1090. The van der Waals surface area contributed by atoms with Crippen molar-refractivity contribution < 1.29 is 9.47 Å². The molecule has 3 rings (SSSR count). The van der Waals surface area contributed by atoms with Crippen molar-refractivity contribution in [2.75, 3.05) is 27.4 Å². The Hall–Kier alpha value is -2.34. The Morgan fingerprint density at radius 2 is 1.58 bits per heavy atom. The van der Waals surface area contributed by atoms with Crippen LogP contribution in [0.2, 0.25) is 5.15 Å². The number of rotatable bonds is 12. The maximum Gasteiger partial charge on any atom is 0.152 e. The summed E-state index contributed by atoms with van der Waals surface area (Å²) in [5.41, 5.74) is 6.21. The van der Waals surface area contributed by atoms with Gasteiger partial charge in [0.2, 0.25) is 0 Å². The van der Waals surface area contributed by atoms with E-state index in [1.165, 1.54) is 22.3 Å². The molecule has 0 saturated heterocycles. The standard InChI is InChI=1S/C30H42ClN3O2/c1-8-23-11-10-12-24(9-2)27(23)29-32-28(31)26(34(29)17-18-35-6)20-33(21-30(3,4)5)19-22-13-15-25(36-7)16-14-22/h10-16H,8-9,17-21H2,1-7H3. The normalized spacial score (nSPS) is 11.9. The first kappa shape index (κ1) is 28.2. The molecule has 0 spiro atoms. The maximum atomic E-state index is 6.91. The van der Waals surface area contributed by atoms with Crippen molar-refractivity contribution in [3.8, 4) is 17.1 Å². The third kappa shape index (κ3) is 7.12. The van der Waals surface area contributed by atoms with Gasteiger partial charge in [0.15, 0.2) is 5.15 Å². The van der Waals surface area contributed by atoms with Crippen molar-refractivity contribution in [2.24, 2.45) is 5.41 Å². The summed E-state index contributed by atoms with van der Waals surface area (Å²) in [7, 11) is 3.44. The zero-order chi connectivity index (χ0) is 26.3. The Kier molecular flexibility index (Phi) is 10.0. The smallest absolute Gasteiger partial charge is 0.152 e. The van der Waals surface area contributed by atoms with E-state index in [0.29, 0.717) is 24.8 Å². The molecule has 5 nitrogen and oxygen atoms in total. The summed E-state index contributed by atoms with van der Waals surface area (Å²) in [5.74, 6) is 1.81. The highest BCUT2D eigenvalue weighted by atomic mass is 35.5. The molecule has 196 valence electrons. The molecule has 2 aromatic carbocycles. The van der Waals surface area contributed by atoms with Crippen LogP contribution in [0.3, 0.4) is 0 Å². The number of ether oxygens (including phenoxy) is 2. The Morgan fingerprint density at radius 3 is 2.11 bits per heavy atom. The Labute approximate surface area is 222 Å². The molecular formula is C30H42ClN3O2. The van der Waals surface area contributed by atoms with Gasteiger partial charge in [-0.2, -0.15) is 0 Å². The van der Waals surface area contributed by atoms with Gasteiger partial charge < -0.3 is 14.0 Å². The highest BCUT2D eigenvalue weighted by Crippen LogP contribution is 2.33. The zero-order valence-corrected chi connectivity index (χ0v) is 23.8. The van der Waals surface area contributed by atoms with Gasteiger partial charge in [0.1, 0.15) is 11.6 Å². The van der Waals surface area contributed by atoms with Crippen LogP contribution in [-0.2, 0) is 37.2 Å². The quantitative estimate of drug-likeness (QED) is 0.261. The van der Waals surface area contributed by atoms with E-state index in [1.54, 1.807) is 14.2 Å². The summed E-state index contributed by atoms with van der Waals surface area (Å²) in [5, 5.41) is 0.572.